The second-order valence-corrected chi connectivity index (χ2v) is 4.47. The Bertz CT molecular complexity index is 563. The van der Waals surface area contributed by atoms with E-state index in [9.17, 15) is 19.7 Å². The number of nitrogens with zero attached hydrogens (tertiary/aromatic N) is 1. The number of benzene rings is 1. The number of carbonyl (C=O) groups is 2. The van der Waals surface area contributed by atoms with Gasteiger partial charge in [-0.25, -0.2) is 0 Å². The molecule has 1 rings (SSSR count). The first-order chi connectivity index (χ1) is 11.0. The second-order valence-electron chi connectivity index (χ2n) is 4.47. The van der Waals surface area contributed by atoms with Gasteiger partial charge in [-0.15, -0.1) is 0 Å². The molecule has 0 bridgehead atoms. The number of hydrogen-bond donors (Lipinski definition) is 2. The number of rotatable bonds is 8. The lowest BCUT2D eigenvalue weighted by Gasteiger charge is -2.15. The number of nitro benzene ring substituents is 1. The van der Waals surface area contributed by atoms with Gasteiger partial charge in [0.25, 0.3) is 5.91 Å². The Morgan fingerprint density at radius 1 is 1.30 bits per heavy atom. The van der Waals surface area contributed by atoms with Crippen molar-refractivity contribution in [1.29, 1.82) is 0 Å². The fourth-order valence-corrected chi connectivity index (χ4v) is 1.56. The third-order valence-corrected chi connectivity index (χ3v) is 2.74. The lowest BCUT2D eigenvalue weighted by atomic mass is 10.3. The number of ether oxygens (including phenoxy) is 2. The van der Waals surface area contributed by atoms with Crippen LogP contribution < -0.4 is 15.6 Å². The topological polar surface area (TPSA) is 120 Å². The summed E-state index contributed by atoms with van der Waals surface area (Å²) in [5, 5.41) is 10.9. The predicted molar refractivity (Wildman–Crippen MR) is 80.6 cm³/mol. The van der Waals surface area contributed by atoms with Crippen molar-refractivity contribution in [1.82, 2.24) is 10.9 Å². The summed E-state index contributed by atoms with van der Waals surface area (Å²) in [7, 11) is 0. The van der Waals surface area contributed by atoms with Gasteiger partial charge in [0.1, 0.15) is 0 Å². The number of hydrazine groups is 1. The lowest BCUT2D eigenvalue weighted by molar-refractivity contribution is -0.386. The van der Waals surface area contributed by atoms with E-state index in [1.165, 1.54) is 25.1 Å². The van der Waals surface area contributed by atoms with Crippen molar-refractivity contribution in [2.24, 2.45) is 0 Å². The third kappa shape index (κ3) is 6.30. The number of para-hydroxylation sites is 2. The van der Waals surface area contributed by atoms with Crippen LogP contribution in [0.2, 0.25) is 0 Å². The standard InChI is InChI=1S/C14H19N3O6/c1-3-22-9-8-13(18)15-16-14(19)10(2)23-12-7-5-4-6-11(12)17(20)21/h4-7,10H,3,8-9H2,1-2H3,(H,15,18)(H,16,19). The molecular formula is C14H19N3O6. The second kappa shape index (κ2) is 9.36. The Morgan fingerprint density at radius 2 is 2.00 bits per heavy atom. The molecule has 9 heteroatoms. The van der Waals surface area contributed by atoms with E-state index in [2.05, 4.69) is 10.9 Å². The highest BCUT2D eigenvalue weighted by Crippen LogP contribution is 2.26. The van der Waals surface area contributed by atoms with Crippen LogP contribution in [0, 0.1) is 10.1 Å². The Labute approximate surface area is 133 Å². The first-order valence-corrected chi connectivity index (χ1v) is 7.02. The molecule has 0 aromatic heterocycles. The van der Waals surface area contributed by atoms with Crippen molar-refractivity contribution in [2.75, 3.05) is 13.2 Å². The Balaban J connectivity index is 2.49. The van der Waals surface area contributed by atoms with Crippen molar-refractivity contribution in [3.05, 3.63) is 34.4 Å². The molecule has 23 heavy (non-hydrogen) atoms. The molecule has 126 valence electrons. The Kier molecular flexibility index (Phi) is 7.48. The largest absolute Gasteiger partial charge is 0.474 e. The molecule has 1 aromatic rings. The van der Waals surface area contributed by atoms with Crippen LogP contribution in [0.1, 0.15) is 20.3 Å². The average Bonchev–Trinajstić information content (AvgIpc) is 2.53. The van der Waals surface area contributed by atoms with Crippen molar-refractivity contribution < 1.29 is 24.0 Å². The third-order valence-electron chi connectivity index (χ3n) is 2.74. The number of amides is 2. The van der Waals surface area contributed by atoms with Gasteiger partial charge in [-0.3, -0.25) is 30.6 Å². The molecule has 0 saturated heterocycles. The smallest absolute Gasteiger partial charge is 0.310 e. The van der Waals surface area contributed by atoms with Crippen molar-refractivity contribution in [2.45, 2.75) is 26.4 Å². The molecule has 0 heterocycles. The first kappa shape index (κ1) is 18.4. The van der Waals surface area contributed by atoms with E-state index in [1.807, 2.05) is 6.92 Å². The normalized spacial score (nSPS) is 11.4. The van der Waals surface area contributed by atoms with E-state index < -0.39 is 22.8 Å². The van der Waals surface area contributed by atoms with Crippen LogP contribution in [0.15, 0.2) is 24.3 Å². The highest BCUT2D eigenvalue weighted by molar-refractivity contribution is 5.84. The Morgan fingerprint density at radius 3 is 2.65 bits per heavy atom. The van der Waals surface area contributed by atoms with E-state index in [4.69, 9.17) is 9.47 Å². The van der Waals surface area contributed by atoms with Crippen molar-refractivity contribution in [3.8, 4) is 5.75 Å². The molecule has 1 atom stereocenters. The van der Waals surface area contributed by atoms with Gasteiger partial charge in [0, 0.05) is 12.7 Å². The van der Waals surface area contributed by atoms with Crippen molar-refractivity contribution >= 4 is 17.5 Å². The molecule has 0 saturated carbocycles. The number of nitrogens with one attached hydrogen (secondary N) is 2. The summed E-state index contributed by atoms with van der Waals surface area (Å²) in [6, 6.07) is 5.72. The van der Waals surface area contributed by atoms with Gasteiger partial charge in [-0.1, -0.05) is 12.1 Å². The summed E-state index contributed by atoms with van der Waals surface area (Å²) < 4.78 is 10.3. The van der Waals surface area contributed by atoms with E-state index in [0.717, 1.165) is 0 Å². The SMILES string of the molecule is CCOCCC(=O)NNC(=O)C(C)Oc1ccccc1[N+](=O)[O-]. The molecule has 0 spiro atoms. The summed E-state index contributed by atoms with van der Waals surface area (Å²) in [5.74, 6) is -1.07. The summed E-state index contributed by atoms with van der Waals surface area (Å²) >= 11 is 0. The zero-order valence-electron chi connectivity index (χ0n) is 12.9. The van der Waals surface area contributed by atoms with E-state index in [-0.39, 0.29) is 24.5 Å². The predicted octanol–water partition coefficient (Wildman–Crippen LogP) is 0.936. The number of nitro groups is 1. The van der Waals surface area contributed by atoms with Gasteiger partial charge in [0.15, 0.2) is 11.9 Å². The zero-order valence-corrected chi connectivity index (χ0v) is 12.9. The van der Waals surface area contributed by atoms with Crippen LogP contribution in [0.3, 0.4) is 0 Å². The summed E-state index contributed by atoms with van der Waals surface area (Å²) in [5.41, 5.74) is 4.16. The van der Waals surface area contributed by atoms with E-state index in [0.29, 0.717) is 6.61 Å². The fraction of sp³-hybridized carbons (Fsp3) is 0.429. The van der Waals surface area contributed by atoms with Crippen LogP contribution >= 0.6 is 0 Å². The highest BCUT2D eigenvalue weighted by Gasteiger charge is 2.20. The zero-order chi connectivity index (χ0) is 17.2. The minimum atomic E-state index is -1.02. The summed E-state index contributed by atoms with van der Waals surface area (Å²) in [4.78, 5) is 33.5. The molecule has 0 aliphatic rings. The maximum Gasteiger partial charge on any atom is 0.310 e. The summed E-state index contributed by atoms with van der Waals surface area (Å²) in [6.07, 6.45) is -0.920. The molecule has 2 N–H and O–H groups in total. The summed E-state index contributed by atoms with van der Waals surface area (Å²) in [6.45, 7) is 3.97. The maximum atomic E-state index is 11.8. The molecule has 0 fully saturated rings. The minimum Gasteiger partial charge on any atom is -0.474 e. The average molecular weight is 325 g/mol. The van der Waals surface area contributed by atoms with E-state index >= 15 is 0 Å². The molecule has 0 aliphatic carbocycles. The number of hydrogen-bond acceptors (Lipinski definition) is 6. The van der Waals surface area contributed by atoms with Gasteiger partial charge in [-0.05, 0) is 19.9 Å². The monoisotopic (exact) mass is 325 g/mol. The van der Waals surface area contributed by atoms with Gasteiger partial charge < -0.3 is 9.47 Å². The van der Waals surface area contributed by atoms with Crippen LogP contribution in [-0.4, -0.2) is 36.1 Å². The molecule has 1 aromatic carbocycles. The minimum absolute atomic E-state index is 0.0252. The molecule has 0 radical (unpaired) electrons. The van der Waals surface area contributed by atoms with Gasteiger partial charge in [0.2, 0.25) is 5.91 Å². The molecule has 1 unspecified atom stereocenters. The first-order valence-electron chi connectivity index (χ1n) is 7.02. The van der Waals surface area contributed by atoms with Gasteiger partial charge >= 0.3 is 5.69 Å². The molecule has 2 amide bonds. The van der Waals surface area contributed by atoms with Crippen LogP contribution in [-0.2, 0) is 14.3 Å². The number of carbonyl (C=O) groups excluding carboxylic acids is 2. The van der Waals surface area contributed by atoms with Gasteiger partial charge in [-0.2, -0.15) is 0 Å². The maximum absolute atomic E-state index is 11.8. The molecular weight excluding hydrogens is 306 g/mol. The quantitative estimate of drug-likeness (QED) is 0.417. The van der Waals surface area contributed by atoms with Crippen LogP contribution in [0.5, 0.6) is 5.75 Å². The van der Waals surface area contributed by atoms with E-state index in [1.54, 1.807) is 6.07 Å². The molecule has 0 aliphatic heterocycles. The Hall–Kier alpha value is -2.68. The fourth-order valence-electron chi connectivity index (χ4n) is 1.56. The van der Waals surface area contributed by atoms with Crippen molar-refractivity contribution in [3.63, 3.8) is 0 Å². The van der Waals surface area contributed by atoms with Crippen LogP contribution in [0.4, 0.5) is 5.69 Å². The molecule has 9 nitrogen and oxygen atoms in total. The lowest BCUT2D eigenvalue weighted by Crippen LogP contribution is -2.47. The van der Waals surface area contributed by atoms with Gasteiger partial charge in [0.05, 0.1) is 18.0 Å². The highest BCUT2D eigenvalue weighted by atomic mass is 16.6. The van der Waals surface area contributed by atoms with Crippen LogP contribution in [0.25, 0.3) is 0 Å².